The first kappa shape index (κ1) is 75.5. The molecule has 0 spiro atoms. The van der Waals surface area contributed by atoms with E-state index >= 15 is 0 Å². The Labute approximate surface area is 497 Å². The van der Waals surface area contributed by atoms with Crippen molar-refractivity contribution in [2.75, 3.05) is 39.5 Å². The number of hydrogen-bond donors (Lipinski definition) is 23. The van der Waals surface area contributed by atoms with Crippen LogP contribution in [0.2, 0.25) is 0 Å². The van der Waals surface area contributed by atoms with E-state index in [0.717, 1.165) is 0 Å². The van der Waals surface area contributed by atoms with Crippen LogP contribution in [0.25, 0.3) is 0 Å². The highest BCUT2D eigenvalue weighted by atomic mass is 16.4. The zero-order valence-electron chi connectivity index (χ0n) is 47.4. The molecule has 0 aliphatic heterocycles. The lowest BCUT2D eigenvalue weighted by atomic mass is 10.0. The SMILES string of the molecule is NCCCC[C@H](N)C(=O)N[C@@H](CC(N)=O)C(=O)N[C@@H](CO)C(=O)N[C@@H](CCCN=C(N)N)C(=O)N[C@@H](CCCN=C(N)N)C(=O)N[C@@H](CO)C(=O)N[C@@H](Cc1ccc(O)cc1)C(=O)N[C@@H](CO)C(=O)N[C@@H](CC(N)=O)C(=O)N[C@@H](CCC(N)=O)C(=O)O. The molecule has 0 fully saturated rings. The quantitative estimate of drug-likeness (QED) is 0.0164. The predicted molar refractivity (Wildman–Crippen MR) is 305 cm³/mol. The smallest absolute Gasteiger partial charge is 0.326 e. The molecule has 0 radical (unpaired) electrons. The number of carboxylic acids is 1. The third-order valence-electron chi connectivity index (χ3n) is 12.3. The van der Waals surface area contributed by atoms with Crippen LogP contribution in [0.5, 0.6) is 5.75 Å². The van der Waals surface area contributed by atoms with Gasteiger partial charge in [-0.15, -0.1) is 0 Å². The Morgan fingerprint density at radius 2 is 0.759 bits per heavy atom. The molecule has 10 atom stereocenters. The summed E-state index contributed by atoms with van der Waals surface area (Å²) >= 11 is 0. The van der Waals surface area contributed by atoms with Crippen LogP contribution in [0.3, 0.4) is 0 Å². The Morgan fingerprint density at radius 3 is 1.13 bits per heavy atom. The number of aliphatic hydroxyl groups is 3. The Bertz CT molecular complexity index is 2590. The predicted octanol–water partition coefficient (Wildman–Crippen LogP) is -12.1. The minimum absolute atomic E-state index is 0.0376. The van der Waals surface area contributed by atoms with Crippen LogP contribution in [0.15, 0.2) is 34.3 Å². The van der Waals surface area contributed by atoms with Crippen molar-refractivity contribution in [3.63, 3.8) is 0 Å². The number of amides is 12. The van der Waals surface area contributed by atoms with Gasteiger partial charge in [0.05, 0.1) is 38.7 Å². The molecule has 38 heteroatoms. The molecule has 87 heavy (non-hydrogen) atoms. The summed E-state index contributed by atoms with van der Waals surface area (Å²) in [4.78, 5) is 177. The van der Waals surface area contributed by atoms with Crippen LogP contribution in [0.1, 0.15) is 76.2 Å². The summed E-state index contributed by atoms with van der Waals surface area (Å²) in [5.74, 6) is -16.4. The third kappa shape index (κ3) is 30.2. The number of carboxylic acid groups (broad SMARTS) is 1. The van der Waals surface area contributed by atoms with Gasteiger partial charge in [-0.05, 0) is 69.2 Å². The number of aliphatic carboxylic acids is 1. The maximum absolute atomic E-state index is 14.2. The highest BCUT2D eigenvalue weighted by Crippen LogP contribution is 2.13. The van der Waals surface area contributed by atoms with Crippen molar-refractivity contribution >= 4 is 88.8 Å². The van der Waals surface area contributed by atoms with Crippen LogP contribution in [0, 0.1) is 0 Å². The van der Waals surface area contributed by atoms with E-state index in [4.69, 9.17) is 51.6 Å². The number of aliphatic hydroxyl groups excluding tert-OH is 3. The van der Waals surface area contributed by atoms with E-state index in [1.54, 1.807) is 0 Å². The number of nitrogens with zero attached hydrogens (tertiary/aromatic N) is 2. The van der Waals surface area contributed by atoms with Crippen molar-refractivity contribution < 1.29 is 87.9 Å². The molecule has 32 N–H and O–H groups in total. The lowest BCUT2D eigenvalue weighted by Crippen LogP contribution is -2.62. The van der Waals surface area contributed by atoms with Crippen molar-refractivity contribution in [3.05, 3.63) is 29.8 Å². The van der Waals surface area contributed by atoms with Gasteiger partial charge in [-0.3, -0.25) is 67.5 Å². The van der Waals surface area contributed by atoms with E-state index in [0.29, 0.717) is 19.4 Å². The highest BCUT2D eigenvalue weighted by molar-refractivity contribution is 6.00. The van der Waals surface area contributed by atoms with Crippen LogP contribution >= 0.6 is 0 Å². The number of phenolic OH excluding ortho intramolecular Hbond substituents is 1. The number of hydrogen-bond acceptors (Lipinski definition) is 21. The van der Waals surface area contributed by atoms with E-state index in [2.05, 4.69) is 52.5 Å². The summed E-state index contributed by atoms with van der Waals surface area (Å²) in [6.07, 6.45) is -2.74. The zero-order valence-corrected chi connectivity index (χ0v) is 47.4. The highest BCUT2D eigenvalue weighted by Gasteiger charge is 2.36. The Balaban J connectivity index is 3.60. The van der Waals surface area contributed by atoms with Gasteiger partial charge in [-0.2, -0.15) is 0 Å². The maximum atomic E-state index is 14.2. The summed E-state index contributed by atoms with van der Waals surface area (Å²) in [5.41, 5.74) is 49.1. The first-order valence-electron chi connectivity index (χ1n) is 26.9. The van der Waals surface area contributed by atoms with Crippen molar-refractivity contribution in [1.82, 2.24) is 47.9 Å². The molecule has 38 nitrogen and oxygen atoms in total. The Morgan fingerprint density at radius 1 is 0.414 bits per heavy atom. The molecule has 0 aromatic heterocycles. The number of guanidine groups is 2. The van der Waals surface area contributed by atoms with Crippen molar-refractivity contribution in [1.29, 1.82) is 0 Å². The molecule has 0 heterocycles. The van der Waals surface area contributed by atoms with E-state index in [9.17, 15) is 87.9 Å². The van der Waals surface area contributed by atoms with Crippen molar-refractivity contribution in [2.24, 2.45) is 61.6 Å². The van der Waals surface area contributed by atoms with Crippen molar-refractivity contribution in [3.8, 4) is 5.75 Å². The fourth-order valence-electron chi connectivity index (χ4n) is 7.67. The third-order valence-corrected chi connectivity index (χ3v) is 12.3. The molecule has 0 saturated heterocycles. The second-order valence-electron chi connectivity index (χ2n) is 19.4. The minimum Gasteiger partial charge on any atom is -0.508 e. The number of nitrogens with two attached hydrogens (primary N) is 9. The number of aromatic hydroxyl groups is 1. The zero-order chi connectivity index (χ0) is 65.9. The van der Waals surface area contributed by atoms with Crippen molar-refractivity contribution in [2.45, 2.75) is 137 Å². The minimum atomic E-state index is -1.99. The largest absolute Gasteiger partial charge is 0.508 e. The number of benzene rings is 1. The van der Waals surface area contributed by atoms with Gasteiger partial charge >= 0.3 is 5.97 Å². The van der Waals surface area contributed by atoms with E-state index < -0.39 is 189 Å². The van der Waals surface area contributed by atoms with Gasteiger partial charge in [0.1, 0.15) is 60.1 Å². The number of primary amides is 3. The van der Waals surface area contributed by atoms with E-state index in [1.807, 2.05) is 5.32 Å². The molecule has 0 aliphatic carbocycles. The molecule has 0 bridgehead atoms. The number of phenols is 1. The van der Waals surface area contributed by atoms with Crippen LogP contribution in [-0.4, -0.2) is 214 Å². The van der Waals surface area contributed by atoms with Gasteiger partial charge in [-0.25, -0.2) is 4.79 Å². The van der Waals surface area contributed by atoms with Gasteiger partial charge in [0.15, 0.2) is 11.9 Å². The topological polar surface area (TPSA) is 690 Å². The van der Waals surface area contributed by atoms with Gasteiger partial charge in [0, 0.05) is 25.9 Å². The molecule has 0 aliphatic rings. The molecule has 12 amide bonds. The first-order valence-corrected chi connectivity index (χ1v) is 26.9. The molecule has 486 valence electrons. The van der Waals surface area contributed by atoms with Gasteiger partial charge in [0.2, 0.25) is 70.9 Å². The molecular weight excluding hydrogens is 1160 g/mol. The number of unbranched alkanes of at least 4 members (excludes halogenated alkanes) is 1. The second kappa shape index (κ2) is 39.9. The molecule has 1 aromatic rings. The summed E-state index contributed by atoms with van der Waals surface area (Å²) in [6, 6.07) is -12.3. The molecule has 1 rings (SSSR count). The first-order chi connectivity index (χ1) is 41.0. The average molecular weight is 1240 g/mol. The summed E-state index contributed by atoms with van der Waals surface area (Å²) in [5, 5.41) is 70.5. The van der Waals surface area contributed by atoms with Gasteiger partial charge < -0.3 is 125 Å². The van der Waals surface area contributed by atoms with Gasteiger partial charge in [-0.1, -0.05) is 18.6 Å². The van der Waals surface area contributed by atoms with Crippen LogP contribution in [-0.2, 0) is 68.7 Å². The number of carbonyl (C=O) groups excluding carboxylic acids is 12. The average Bonchev–Trinajstić information content (AvgIpc) is 3.56. The van der Waals surface area contributed by atoms with E-state index in [-0.39, 0.29) is 68.4 Å². The normalized spacial score (nSPS) is 14.3. The standard InChI is InChI=1S/C49H82N20O18/c50-14-2-1-5-25(51)38(77)64-30(18-36(53)75)43(82)69-32(20-70)44(83)62-26(6-3-15-59-48(55)56)39(78)61-27(7-4-16-60-49(57)58)40(79)67-33(21-71)45(84)65-29(17-23-8-10-24(73)11-9-23)41(80)68-34(22-72)46(85)66-31(19-37(54)76)42(81)63-28(47(86)87)12-13-35(52)74/h8-11,25-34,70-73H,1-7,12-22,50-51H2,(H2,52,74)(H2,53,75)(H2,54,76)(H,61,78)(H,62,83)(H,63,81)(H,64,77)(H,65,84)(H,66,85)(H,67,79)(H,68,80)(H,69,82)(H,86,87)(H4,55,56,59)(H4,57,58,60)/t25-,26-,27-,28-,29-,30-,31-,32-,33-,34-/m0/s1. The number of nitrogens with one attached hydrogen (secondary N) is 9. The van der Waals surface area contributed by atoms with Gasteiger partial charge in [0.25, 0.3) is 0 Å². The number of aliphatic imine (C=N–C) groups is 2. The Kier molecular flexibility index (Phi) is 34.6. The van der Waals surface area contributed by atoms with Crippen LogP contribution < -0.4 is 99.5 Å². The molecular formula is C49H82N20O18. The van der Waals surface area contributed by atoms with E-state index in [1.165, 1.54) is 24.3 Å². The maximum Gasteiger partial charge on any atom is 0.326 e. The molecule has 0 unspecified atom stereocenters. The monoisotopic (exact) mass is 1240 g/mol. The van der Waals surface area contributed by atoms with Crippen LogP contribution in [0.4, 0.5) is 0 Å². The summed E-state index contributed by atoms with van der Waals surface area (Å²) in [7, 11) is 0. The Hall–Kier alpha value is -9.53. The molecule has 1 aromatic carbocycles. The molecule has 0 saturated carbocycles. The fraction of sp³-hybridized carbons (Fsp3) is 0.571. The summed E-state index contributed by atoms with van der Waals surface area (Å²) < 4.78 is 0. The summed E-state index contributed by atoms with van der Waals surface area (Å²) in [6.45, 7) is -3.46. The fourth-order valence-corrected chi connectivity index (χ4v) is 7.67. The lowest BCUT2D eigenvalue weighted by Gasteiger charge is -2.27. The second-order valence-corrected chi connectivity index (χ2v) is 19.4. The number of carbonyl (C=O) groups is 13. The lowest BCUT2D eigenvalue weighted by molar-refractivity contribution is -0.143. The number of rotatable bonds is 43.